The Bertz CT molecular complexity index is 1470. The molecule has 5 rings (SSSR count). The van der Waals surface area contributed by atoms with Crippen LogP contribution in [0.2, 0.25) is 0 Å². The van der Waals surface area contributed by atoms with Gasteiger partial charge in [-0.05, 0) is 38.8 Å². The van der Waals surface area contributed by atoms with Crippen LogP contribution in [0.5, 0.6) is 0 Å². The molecule has 1 aliphatic heterocycles. The number of aryl methyl sites for hydroxylation is 2. The van der Waals surface area contributed by atoms with Crippen LogP contribution in [0, 0.1) is 24.4 Å². The molecule has 0 spiro atoms. The molecule has 0 N–H and O–H groups in total. The summed E-state index contributed by atoms with van der Waals surface area (Å²) in [4.78, 5) is 21.6. The summed E-state index contributed by atoms with van der Waals surface area (Å²) in [6.07, 6.45) is 5.82. The average molecular weight is 469 g/mol. The zero-order valence-electron chi connectivity index (χ0n) is 18.8. The second kappa shape index (κ2) is 8.35. The molecule has 1 saturated heterocycles. The van der Waals surface area contributed by atoms with Crippen molar-refractivity contribution in [3.8, 4) is 11.3 Å². The minimum Gasteiger partial charge on any atom is -0.370 e. The summed E-state index contributed by atoms with van der Waals surface area (Å²) in [5, 5.41) is 4.21. The summed E-state index contributed by atoms with van der Waals surface area (Å²) in [7, 11) is 1.82. The molecule has 1 aromatic carbocycles. The summed E-state index contributed by atoms with van der Waals surface area (Å²) in [6.45, 7) is 3.29. The van der Waals surface area contributed by atoms with Crippen LogP contribution in [0.15, 0.2) is 41.6 Å². The fraction of sp³-hybridized carbons (Fsp3) is 0.333. The first-order valence-electron chi connectivity index (χ1n) is 10.9. The van der Waals surface area contributed by atoms with Crippen LogP contribution in [0.3, 0.4) is 0 Å². The van der Waals surface area contributed by atoms with Gasteiger partial charge in [-0.2, -0.15) is 9.49 Å². The van der Waals surface area contributed by atoms with E-state index in [-0.39, 0.29) is 40.7 Å². The Hall–Kier alpha value is -3.53. The zero-order valence-corrected chi connectivity index (χ0v) is 18.8. The highest BCUT2D eigenvalue weighted by atomic mass is 19.1. The van der Waals surface area contributed by atoms with Gasteiger partial charge in [0.2, 0.25) is 5.82 Å². The molecule has 0 saturated carbocycles. The first-order valence-corrected chi connectivity index (χ1v) is 10.9. The minimum absolute atomic E-state index is 0.00192. The standard InChI is InChI=1S/C24H22F3N5O2/c1-12-6-14(7-20(34-12)15-9-28-31(3)10-15)19-11-32-23(29-13(2)21(27)24(32)33)22(30-19)17-5-4-16(25)8-18(17)26/h4-5,8-12,14,20H,6-7H2,1-3H3. The van der Waals surface area contributed by atoms with Gasteiger partial charge in [0.05, 0.1) is 29.8 Å². The van der Waals surface area contributed by atoms with Crippen molar-refractivity contribution >= 4 is 5.65 Å². The molecule has 3 atom stereocenters. The van der Waals surface area contributed by atoms with E-state index in [2.05, 4.69) is 15.1 Å². The van der Waals surface area contributed by atoms with E-state index in [0.29, 0.717) is 18.5 Å². The van der Waals surface area contributed by atoms with E-state index in [0.717, 1.165) is 22.1 Å². The molecule has 7 nitrogen and oxygen atoms in total. The summed E-state index contributed by atoms with van der Waals surface area (Å²) < 4.78 is 51.7. The van der Waals surface area contributed by atoms with Gasteiger partial charge in [-0.1, -0.05) is 0 Å². The molecule has 1 aliphatic rings. The number of benzene rings is 1. The van der Waals surface area contributed by atoms with Gasteiger partial charge in [0.25, 0.3) is 5.56 Å². The number of ether oxygens (including phenoxy) is 1. The predicted octanol–water partition coefficient (Wildman–Crippen LogP) is 4.24. The Morgan fingerprint density at radius 3 is 2.62 bits per heavy atom. The maximum Gasteiger partial charge on any atom is 0.294 e. The normalized spacial score (nSPS) is 20.7. The maximum atomic E-state index is 14.8. The molecule has 176 valence electrons. The van der Waals surface area contributed by atoms with E-state index < -0.39 is 23.0 Å². The molecule has 4 aromatic rings. The van der Waals surface area contributed by atoms with Crippen LogP contribution in [0.1, 0.15) is 48.7 Å². The number of hydrogen-bond donors (Lipinski definition) is 0. The highest BCUT2D eigenvalue weighted by Crippen LogP contribution is 2.40. The lowest BCUT2D eigenvalue weighted by Crippen LogP contribution is -2.27. The molecule has 34 heavy (non-hydrogen) atoms. The summed E-state index contributed by atoms with van der Waals surface area (Å²) in [6, 6.07) is 3.09. The second-order valence-corrected chi connectivity index (χ2v) is 8.70. The number of aromatic nitrogens is 5. The van der Waals surface area contributed by atoms with Gasteiger partial charge in [-0.25, -0.2) is 18.7 Å². The van der Waals surface area contributed by atoms with Crippen molar-refractivity contribution in [1.82, 2.24) is 24.1 Å². The Balaban J connectivity index is 1.69. The predicted molar refractivity (Wildman–Crippen MR) is 118 cm³/mol. The fourth-order valence-corrected chi connectivity index (χ4v) is 4.51. The lowest BCUT2D eigenvalue weighted by molar-refractivity contribution is -0.0506. The van der Waals surface area contributed by atoms with Crippen molar-refractivity contribution < 1.29 is 17.9 Å². The highest BCUT2D eigenvalue weighted by Gasteiger charge is 2.32. The largest absolute Gasteiger partial charge is 0.370 e. The van der Waals surface area contributed by atoms with E-state index in [9.17, 15) is 18.0 Å². The lowest BCUT2D eigenvalue weighted by atomic mass is 9.87. The molecule has 4 heterocycles. The quantitative estimate of drug-likeness (QED) is 0.449. The SMILES string of the molecule is Cc1nc2c(-c3ccc(F)cc3F)nc(C3CC(C)OC(c4cnn(C)c4)C3)cn2c(=O)c1F. The summed E-state index contributed by atoms with van der Waals surface area (Å²) in [5.41, 5.74) is 0.378. The number of rotatable bonds is 3. The number of hydrogen-bond acceptors (Lipinski definition) is 5. The van der Waals surface area contributed by atoms with Gasteiger partial charge < -0.3 is 4.74 Å². The molecule has 0 aliphatic carbocycles. The maximum absolute atomic E-state index is 14.8. The van der Waals surface area contributed by atoms with Crippen LogP contribution in [0.25, 0.3) is 16.9 Å². The molecule has 0 bridgehead atoms. The monoisotopic (exact) mass is 469 g/mol. The van der Waals surface area contributed by atoms with Crippen LogP contribution < -0.4 is 5.56 Å². The second-order valence-electron chi connectivity index (χ2n) is 8.70. The molecular weight excluding hydrogens is 447 g/mol. The third-order valence-electron chi connectivity index (χ3n) is 6.15. The van der Waals surface area contributed by atoms with Gasteiger partial charge >= 0.3 is 0 Å². The van der Waals surface area contributed by atoms with Crippen molar-refractivity contribution in [3.63, 3.8) is 0 Å². The van der Waals surface area contributed by atoms with E-state index in [1.165, 1.54) is 19.2 Å². The van der Waals surface area contributed by atoms with Crippen molar-refractivity contribution in [2.75, 3.05) is 0 Å². The van der Waals surface area contributed by atoms with Gasteiger partial charge in [-0.3, -0.25) is 13.9 Å². The highest BCUT2D eigenvalue weighted by molar-refractivity contribution is 5.74. The van der Waals surface area contributed by atoms with Gasteiger partial charge in [0.15, 0.2) is 5.65 Å². The first-order chi connectivity index (χ1) is 16.2. The molecule has 3 aromatic heterocycles. The Kier molecular flexibility index (Phi) is 5.47. The van der Waals surface area contributed by atoms with Crippen LogP contribution in [-0.4, -0.2) is 30.3 Å². The minimum atomic E-state index is -0.992. The number of fused-ring (bicyclic) bond motifs is 1. The lowest BCUT2D eigenvalue weighted by Gasteiger charge is -2.33. The Labute approximate surface area is 192 Å². The zero-order chi connectivity index (χ0) is 24.1. The first kappa shape index (κ1) is 22.3. The van der Waals surface area contributed by atoms with E-state index in [4.69, 9.17) is 4.74 Å². The molecular formula is C24H22F3N5O2. The molecule has 3 unspecified atom stereocenters. The Morgan fingerprint density at radius 1 is 1.12 bits per heavy atom. The topological polar surface area (TPSA) is 74.3 Å². The smallest absolute Gasteiger partial charge is 0.294 e. The molecule has 0 radical (unpaired) electrons. The summed E-state index contributed by atoms with van der Waals surface area (Å²) >= 11 is 0. The van der Waals surface area contributed by atoms with Gasteiger partial charge in [-0.15, -0.1) is 0 Å². The van der Waals surface area contributed by atoms with Crippen molar-refractivity contribution in [2.45, 2.75) is 44.8 Å². The molecule has 10 heteroatoms. The van der Waals surface area contributed by atoms with Gasteiger partial charge in [0.1, 0.15) is 17.3 Å². The Morgan fingerprint density at radius 2 is 1.91 bits per heavy atom. The number of nitrogens with zero attached hydrogens (tertiary/aromatic N) is 5. The third kappa shape index (κ3) is 3.87. The average Bonchev–Trinajstić information content (AvgIpc) is 3.23. The van der Waals surface area contributed by atoms with E-state index in [1.807, 2.05) is 20.2 Å². The van der Waals surface area contributed by atoms with Crippen LogP contribution >= 0.6 is 0 Å². The molecule has 0 amide bonds. The molecule has 1 fully saturated rings. The third-order valence-corrected chi connectivity index (χ3v) is 6.15. The van der Waals surface area contributed by atoms with Crippen molar-refractivity contribution in [3.05, 3.63) is 81.5 Å². The van der Waals surface area contributed by atoms with E-state index >= 15 is 0 Å². The van der Waals surface area contributed by atoms with Crippen molar-refractivity contribution in [2.24, 2.45) is 7.05 Å². The van der Waals surface area contributed by atoms with Crippen molar-refractivity contribution in [1.29, 1.82) is 0 Å². The van der Waals surface area contributed by atoms with Crippen LogP contribution in [-0.2, 0) is 11.8 Å². The number of halogens is 3. The fourth-order valence-electron chi connectivity index (χ4n) is 4.51. The van der Waals surface area contributed by atoms with E-state index in [1.54, 1.807) is 10.9 Å². The summed E-state index contributed by atoms with van der Waals surface area (Å²) in [5.74, 6) is -2.76. The van der Waals surface area contributed by atoms with Crippen LogP contribution in [0.4, 0.5) is 13.2 Å². The van der Waals surface area contributed by atoms with Gasteiger partial charge in [0, 0.05) is 42.6 Å².